The topological polar surface area (TPSA) is 222 Å². The summed E-state index contributed by atoms with van der Waals surface area (Å²) in [5, 5.41) is 21.0. The van der Waals surface area contributed by atoms with Crippen LogP contribution in [0.4, 0.5) is 5.82 Å². The summed E-state index contributed by atoms with van der Waals surface area (Å²) >= 11 is 0. The summed E-state index contributed by atoms with van der Waals surface area (Å²) in [6.45, 7) is 9.22. The van der Waals surface area contributed by atoms with Crippen LogP contribution < -0.4 is 16.4 Å². The lowest BCUT2D eigenvalue weighted by Crippen LogP contribution is -2.30. The number of anilines is 1. The highest BCUT2D eigenvalue weighted by Crippen LogP contribution is 2.46. The maximum absolute atomic E-state index is 13.7. The summed E-state index contributed by atoms with van der Waals surface area (Å²) in [5.41, 5.74) is -2.90. The van der Waals surface area contributed by atoms with Gasteiger partial charge in [0.05, 0.1) is 30.7 Å². The van der Waals surface area contributed by atoms with Gasteiger partial charge < -0.3 is 29.4 Å². The van der Waals surface area contributed by atoms with Crippen molar-refractivity contribution in [1.82, 2.24) is 24.5 Å². The number of aliphatic hydroxyl groups excluding tert-OH is 1. The molecule has 0 radical (unpaired) electrons. The highest BCUT2D eigenvalue weighted by Gasteiger charge is 2.40. The molecule has 2 aromatic heterocycles. The van der Waals surface area contributed by atoms with Crippen LogP contribution in [0, 0.1) is 10.8 Å². The van der Waals surface area contributed by atoms with Gasteiger partial charge in [0.25, 0.3) is 0 Å². The number of hydrogen-bond acceptors (Lipinski definition) is 15. The van der Waals surface area contributed by atoms with Crippen LogP contribution in [-0.2, 0) is 53.5 Å². The molecule has 0 aromatic carbocycles. The standard InChI is InChI=1S/C26H37N6O12P/c1-15(33)27-17-9-10-32(24(37)28-17)21-20(39-8)19(34)16(44-21)11-31-12-18(29-30-31)45(38,42-13-40-22(35)25(2,3)4)43-14-41-23(36)26(5,6)7/h9-10,12,16,19,34H,11,13-14H2,1-8H3,(H,27,28,33,37)/t16-,19?/m1/s1. The van der Waals surface area contributed by atoms with Crippen molar-refractivity contribution in [1.29, 1.82) is 0 Å². The Balaban J connectivity index is 1.79. The lowest BCUT2D eigenvalue weighted by molar-refractivity contribution is -0.161. The molecule has 2 aromatic rings. The van der Waals surface area contributed by atoms with Crippen LogP contribution in [0.1, 0.15) is 48.5 Å². The van der Waals surface area contributed by atoms with E-state index in [9.17, 15) is 28.8 Å². The van der Waals surface area contributed by atoms with Gasteiger partial charge in [-0.05, 0) is 47.6 Å². The van der Waals surface area contributed by atoms with E-state index in [0.717, 1.165) is 9.25 Å². The van der Waals surface area contributed by atoms with Gasteiger partial charge in [-0.15, -0.1) is 5.10 Å². The Morgan fingerprint density at radius 3 is 2.13 bits per heavy atom. The Hall–Kier alpha value is -4.12. The van der Waals surface area contributed by atoms with Gasteiger partial charge in [0.2, 0.25) is 25.4 Å². The molecule has 1 amide bonds. The predicted molar refractivity (Wildman–Crippen MR) is 154 cm³/mol. The Kier molecular flexibility index (Phi) is 10.9. The van der Waals surface area contributed by atoms with Crippen molar-refractivity contribution >= 4 is 42.6 Å². The van der Waals surface area contributed by atoms with Gasteiger partial charge >= 0.3 is 25.2 Å². The fourth-order valence-corrected chi connectivity index (χ4v) is 4.62. The summed E-state index contributed by atoms with van der Waals surface area (Å²) in [4.78, 5) is 52.0. The van der Waals surface area contributed by atoms with Gasteiger partial charge in [0.1, 0.15) is 5.82 Å². The Labute approximate surface area is 258 Å². The zero-order valence-electron chi connectivity index (χ0n) is 26.1. The number of methoxy groups -OCH3 is 1. The fraction of sp³-hybridized carbons (Fsp3) is 0.577. The normalized spacial score (nSPS) is 17.1. The van der Waals surface area contributed by atoms with Gasteiger partial charge in [-0.25, -0.2) is 14.0 Å². The number of amides is 1. The van der Waals surface area contributed by atoms with Crippen molar-refractivity contribution in [3.63, 3.8) is 0 Å². The van der Waals surface area contributed by atoms with E-state index in [1.165, 1.54) is 32.5 Å². The smallest absolute Gasteiger partial charge is 0.388 e. The number of rotatable bonds is 12. The van der Waals surface area contributed by atoms with Crippen LogP contribution in [0.3, 0.4) is 0 Å². The molecule has 19 heteroatoms. The summed E-state index contributed by atoms with van der Waals surface area (Å²) in [5.74, 6) is -1.92. The van der Waals surface area contributed by atoms with Crippen molar-refractivity contribution in [2.75, 3.05) is 26.0 Å². The van der Waals surface area contributed by atoms with Crippen LogP contribution in [0.15, 0.2) is 29.0 Å². The summed E-state index contributed by atoms with van der Waals surface area (Å²) < 4.78 is 47.7. The molecule has 3 heterocycles. The van der Waals surface area contributed by atoms with Gasteiger partial charge in [0, 0.05) is 13.1 Å². The number of carbonyl (C=O) groups excluding carboxylic acids is 3. The lowest BCUT2D eigenvalue weighted by Gasteiger charge is -2.20. The molecular formula is C26H37N6O12P. The first-order valence-corrected chi connectivity index (χ1v) is 15.0. The predicted octanol–water partition coefficient (Wildman–Crippen LogP) is 0.971. The zero-order valence-corrected chi connectivity index (χ0v) is 27.0. The molecule has 0 spiro atoms. The van der Waals surface area contributed by atoms with Crippen molar-refractivity contribution in [3.8, 4) is 0 Å². The summed E-state index contributed by atoms with van der Waals surface area (Å²) in [6.07, 6.45) is -0.00343. The van der Waals surface area contributed by atoms with E-state index in [0.29, 0.717) is 0 Å². The SMILES string of the molecule is COC1=C(n2ccc(NC(C)=O)nc2=O)O[C@H](Cn2cc(P(=O)(OCOC(=O)C(C)(C)C)OCOC(=O)C(C)(C)C)nn2)C1O. The second-order valence-electron chi connectivity index (χ2n) is 11.8. The number of nitrogens with zero attached hydrogens (tertiary/aromatic N) is 5. The molecule has 0 saturated heterocycles. The van der Waals surface area contributed by atoms with E-state index in [1.807, 2.05) is 0 Å². The van der Waals surface area contributed by atoms with E-state index in [2.05, 4.69) is 20.6 Å². The molecule has 2 N–H and O–H groups in total. The molecule has 3 rings (SSSR count). The van der Waals surface area contributed by atoms with Crippen molar-refractivity contribution in [2.24, 2.45) is 10.8 Å². The average Bonchev–Trinajstić information content (AvgIpc) is 3.52. The first-order chi connectivity index (χ1) is 20.9. The number of esters is 2. The van der Waals surface area contributed by atoms with E-state index >= 15 is 0 Å². The van der Waals surface area contributed by atoms with Crippen molar-refractivity contribution in [3.05, 3.63) is 34.7 Å². The molecule has 45 heavy (non-hydrogen) atoms. The Bertz CT molecular complexity index is 1520. The number of aromatic nitrogens is 5. The largest absolute Gasteiger partial charge is 0.493 e. The molecule has 1 unspecified atom stereocenters. The van der Waals surface area contributed by atoms with Gasteiger partial charge in [0.15, 0.2) is 23.4 Å². The third kappa shape index (κ3) is 8.97. The molecule has 1 aliphatic rings. The first-order valence-electron chi connectivity index (χ1n) is 13.5. The summed E-state index contributed by atoms with van der Waals surface area (Å²) in [6, 6.07) is 1.35. The number of nitrogens with one attached hydrogen (secondary N) is 1. The Morgan fingerprint density at radius 1 is 1.07 bits per heavy atom. The highest BCUT2D eigenvalue weighted by molar-refractivity contribution is 7.61. The third-order valence-corrected chi connectivity index (χ3v) is 7.52. The van der Waals surface area contributed by atoms with Crippen molar-refractivity contribution in [2.45, 2.75) is 67.2 Å². The molecule has 2 atom stereocenters. The molecule has 0 bridgehead atoms. The van der Waals surface area contributed by atoms with Crippen LogP contribution in [0.5, 0.6) is 0 Å². The summed E-state index contributed by atoms with van der Waals surface area (Å²) in [7, 11) is -3.13. The molecule has 0 saturated carbocycles. The second kappa shape index (κ2) is 13.9. The second-order valence-corrected chi connectivity index (χ2v) is 13.7. The minimum atomic E-state index is -4.40. The van der Waals surface area contributed by atoms with Gasteiger partial charge in [-0.2, -0.15) is 4.98 Å². The molecule has 1 aliphatic heterocycles. The third-order valence-electron chi connectivity index (χ3n) is 5.87. The van der Waals surface area contributed by atoms with Crippen LogP contribution in [-0.4, -0.2) is 80.4 Å². The maximum Gasteiger partial charge on any atom is 0.388 e. The minimum Gasteiger partial charge on any atom is -0.493 e. The van der Waals surface area contributed by atoms with E-state index in [4.69, 9.17) is 28.0 Å². The van der Waals surface area contributed by atoms with Crippen LogP contribution in [0.2, 0.25) is 0 Å². The zero-order chi connectivity index (χ0) is 33.7. The molecule has 18 nitrogen and oxygen atoms in total. The van der Waals surface area contributed by atoms with Crippen LogP contribution in [0.25, 0.3) is 5.88 Å². The van der Waals surface area contributed by atoms with Gasteiger partial charge in [-0.1, -0.05) is 5.21 Å². The quantitative estimate of drug-likeness (QED) is 0.185. The van der Waals surface area contributed by atoms with Crippen LogP contribution >= 0.6 is 7.60 Å². The van der Waals surface area contributed by atoms with Gasteiger partial charge in [-0.3, -0.25) is 28.0 Å². The maximum atomic E-state index is 13.7. The molecule has 248 valence electrons. The lowest BCUT2D eigenvalue weighted by atomic mass is 9.98. The molecule has 0 aliphatic carbocycles. The Morgan fingerprint density at radius 2 is 1.64 bits per heavy atom. The number of hydrogen-bond donors (Lipinski definition) is 2. The van der Waals surface area contributed by atoms with E-state index < -0.39 is 67.8 Å². The number of carbonyl (C=O) groups is 3. The van der Waals surface area contributed by atoms with Crippen molar-refractivity contribution < 1.29 is 52.1 Å². The average molecular weight is 657 g/mol. The number of aliphatic hydroxyl groups is 1. The highest BCUT2D eigenvalue weighted by atomic mass is 31.2. The number of ether oxygens (including phenoxy) is 4. The first kappa shape index (κ1) is 35.4. The monoisotopic (exact) mass is 656 g/mol. The fourth-order valence-electron chi connectivity index (χ4n) is 3.48. The van der Waals surface area contributed by atoms with E-state index in [-0.39, 0.29) is 29.4 Å². The minimum absolute atomic E-state index is 0.0174. The molecule has 0 fully saturated rings. The van der Waals surface area contributed by atoms with E-state index in [1.54, 1.807) is 41.5 Å². The molecular weight excluding hydrogens is 619 g/mol.